The normalized spacial score (nSPS) is 14.8. The molecule has 26 heteroatoms. The van der Waals surface area contributed by atoms with E-state index in [4.69, 9.17) is 50.0 Å². The van der Waals surface area contributed by atoms with Gasteiger partial charge < -0.3 is 60.2 Å². The fourth-order valence-corrected chi connectivity index (χ4v) is 4.71. The molecule has 0 fully saturated rings. The Labute approximate surface area is 271 Å². The van der Waals surface area contributed by atoms with Crippen molar-refractivity contribution >= 4 is 49.6 Å². The minimum absolute atomic E-state index is 0.0136. The van der Waals surface area contributed by atoms with Gasteiger partial charge in [-0.15, -0.1) is 0 Å². The van der Waals surface area contributed by atoms with Gasteiger partial charge in [0.1, 0.15) is 35.9 Å². The number of imidazole rings is 2. The van der Waals surface area contributed by atoms with Gasteiger partial charge in [0.2, 0.25) is 0 Å². The van der Waals surface area contributed by atoms with Crippen molar-refractivity contribution in [3.63, 3.8) is 0 Å². The largest absolute Gasteiger partial charge is 0.469 e. The van der Waals surface area contributed by atoms with Crippen LogP contribution in [0.2, 0.25) is 0 Å². The number of hydrogen-bond acceptors (Lipinski definition) is 18. The Morgan fingerprint density at radius 3 is 1.35 bits per heavy atom. The van der Waals surface area contributed by atoms with Gasteiger partial charge in [0.25, 0.3) is 0 Å². The predicted molar refractivity (Wildman–Crippen MR) is 161 cm³/mol. The fourth-order valence-electron chi connectivity index (χ4n) is 3.98. The maximum atomic E-state index is 10.8. The van der Waals surface area contributed by atoms with Crippen molar-refractivity contribution in [1.29, 1.82) is 0 Å². The summed E-state index contributed by atoms with van der Waals surface area (Å²) in [6.45, 7) is -1.80. The molecule has 0 aromatic carbocycles. The summed E-state index contributed by atoms with van der Waals surface area (Å²) < 4.78 is 54.4. The number of phosphoric acid groups is 2. The topological polar surface area (TPSA) is 350 Å². The molecule has 4 aromatic heterocycles. The van der Waals surface area contributed by atoms with Gasteiger partial charge in [-0.2, -0.15) is 0 Å². The molecule has 0 amide bonds. The lowest BCUT2D eigenvalue weighted by atomic mass is 10.4. The van der Waals surface area contributed by atoms with Crippen molar-refractivity contribution in [3.05, 3.63) is 25.3 Å². The van der Waals surface area contributed by atoms with Crippen molar-refractivity contribution in [2.75, 3.05) is 65.3 Å². The van der Waals surface area contributed by atoms with Crippen molar-refractivity contribution in [1.82, 2.24) is 39.0 Å². The molecule has 1 unspecified atom stereocenters. The molecule has 48 heavy (non-hydrogen) atoms. The Balaban J connectivity index is 0.000000260. The molecular formula is C22H36N10O14P2. The first-order valence-corrected chi connectivity index (χ1v) is 16.5. The summed E-state index contributed by atoms with van der Waals surface area (Å²) in [5.74, 6) is 0.349. The number of nitrogens with two attached hydrogens (primary N) is 2. The van der Waals surface area contributed by atoms with E-state index >= 15 is 0 Å². The Morgan fingerprint density at radius 1 is 0.667 bits per heavy atom. The molecule has 0 aliphatic heterocycles. The first-order chi connectivity index (χ1) is 22.7. The zero-order chi connectivity index (χ0) is 35.5. The number of fused-ring (bicyclic) bond motifs is 2. The molecule has 4 atom stereocenters. The maximum Gasteiger partial charge on any atom is 0.469 e. The highest BCUT2D eigenvalue weighted by atomic mass is 31.2. The van der Waals surface area contributed by atoms with Crippen LogP contribution in [0.15, 0.2) is 25.3 Å². The third-order valence-corrected chi connectivity index (χ3v) is 6.94. The molecule has 24 nitrogen and oxygen atoms in total. The molecule has 0 aliphatic carbocycles. The van der Waals surface area contributed by atoms with E-state index in [1.165, 1.54) is 48.7 Å². The summed E-state index contributed by atoms with van der Waals surface area (Å²) >= 11 is 0. The smallest absolute Gasteiger partial charge is 0.392 e. The number of nitrogens with zero attached hydrogens (tertiary/aromatic N) is 8. The number of hydrogen-bond donors (Lipinski definition) is 8. The number of phosphoric ester groups is 2. The van der Waals surface area contributed by atoms with Gasteiger partial charge in [0.15, 0.2) is 35.4 Å². The third-order valence-electron chi connectivity index (χ3n) is 5.97. The van der Waals surface area contributed by atoms with Crippen LogP contribution in [0.3, 0.4) is 0 Å². The molecule has 0 saturated heterocycles. The molecule has 0 bridgehead atoms. The maximum absolute atomic E-state index is 10.8. The predicted octanol–water partition coefficient (Wildman–Crippen LogP) is -1.92. The average molecular weight is 727 g/mol. The highest BCUT2D eigenvalue weighted by Gasteiger charge is 2.26. The second-order valence-corrected chi connectivity index (χ2v) is 11.9. The molecule has 0 saturated carbocycles. The Hall–Kier alpha value is -3.32. The lowest BCUT2D eigenvalue weighted by Gasteiger charge is -2.24. The molecule has 0 radical (unpaired) electrons. The number of aromatic nitrogens is 8. The van der Waals surface area contributed by atoms with Crippen LogP contribution in [0.25, 0.3) is 22.3 Å². The van der Waals surface area contributed by atoms with Gasteiger partial charge in [-0.3, -0.25) is 18.2 Å². The average Bonchev–Trinajstić information content (AvgIpc) is 3.66. The number of nitrogen functional groups attached to an aromatic ring is 2. The SMILES string of the molecule is COC[C@@H](COP(=O)(O)O)OC(CO)n1cnc2c(N)ncnc21.COC[C@@H](COP(=O)(O)O)O[C@@H](CO)n1cnc2c(N)ncnc21. The van der Waals surface area contributed by atoms with E-state index in [1.54, 1.807) is 0 Å². The summed E-state index contributed by atoms with van der Waals surface area (Å²) in [5, 5.41) is 19.2. The first kappa shape index (κ1) is 39.1. The number of methoxy groups -OCH3 is 2. The van der Waals surface area contributed by atoms with Crippen LogP contribution >= 0.6 is 15.6 Å². The second kappa shape index (κ2) is 17.9. The van der Waals surface area contributed by atoms with Crippen LogP contribution in [-0.4, -0.2) is 135 Å². The number of ether oxygens (including phenoxy) is 4. The number of rotatable bonds is 18. The van der Waals surface area contributed by atoms with E-state index in [0.29, 0.717) is 22.3 Å². The lowest BCUT2D eigenvalue weighted by molar-refractivity contribution is -0.114. The zero-order valence-corrected chi connectivity index (χ0v) is 27.2. The molecule has 10 N–H and O–H groups in total. The number of anilines is 2. The van der Waals surface area contributed by atoms with Gasteiger partial charge >= 0.3 is 15.6 Å². The van der Waals surface area contributed by atoms with E-state index in [-0.39, 0.29) is 24.8 Å². The third kappa shape index (κ3) is 11.4. The molecule has 0 spiro atoms. The molecule has 268 valence electrons. The van der Waals surface area contributed by atoms with E-state index in [2.05, 4.69) is 39.0 Å². The van der Waals surface area contributed by atoms with E-state index in [0.717, 1.165) is 0 Å². The Kier molecular flexibility index (Phi) is 14.6. The van der Waals surface area contributed by atoms with Gasteiger partial charge in [0.05, 0.1) is 52.3 Å². The van der Waals surface area contributed by atoms with Crippen molar-refractivity contribution < 1.29 is 66.9 Å². The summed E-state index contributed by atoms with van der Waals surface area (Å²) in [7, 11) is -6.53. The summed E-state index contributed by atoms with van der Waals surface area (Å²) in [4.78, 5) is 58.9. The monoisotopic (exact) mass is 726 g/mol. The minimum atomic E-state index is -4.66. The van der Waals surface area contributed by atoms with E-state index in [1.807, 2.05) is 0 Å². The van der Waals surface area contributed by atoms with Crippen LogP contribution in [0, 0.1) is 0 Å². The number of aliphatic hydroxyl groups is 2. The molecule has 4 heterocycles. The quantitative estimate of drug-likeness (QED) is 0.0518. The van der Waals surface area contributed by atoms with Crippen LogP contribution in [0.1, 0.15) is 12.5 Å². The highest BCUT2D eigenvalue weighted by Crippen LogP contribution is 2.37. The Morgan fingerprint density at radius 2 is 1.04 bits per heavy atom. The van der Waals surface area contributed by atoms with Gasteiger partial charge in [-0.25, -0.2) is 39.0 Å². The van der Waals surface area contributed by atoms with E-state index in [9.17, 15) is 19.3 Å². The van der Waals surface area contributed by atoms with Crippen molar-refractivity contribution in [2.45, 2.75) is 24.7 Å². The van der Waals surface area contributed by atoms with Gasteiger partial charge in [0, 0.05) is 14.2 Å². The van der Waals surface area contributed by atoms with Gasteiger partial charge in [-0.05, 0) is 0 Å². The van der Waals surface area contributed by atoms with Crippen LogP contribution in [0.4, 0.5) is 11.6 Å². The van der Waals surface area contributed by atoms with E-state index < -0.39 is 66.7 Å². The molecule has 4 rings (SSSR count). The van der Waals surface area contributed by atoms with Crippen molar-refractivity contribution in [3.8, 4) is 0 Å². The van der Waals surface area contributed by atoms with Crippen LogP contribution < -0.4 is 11.5 Å². The van der Waals surface area contributed by atoms with Crippen LogP contribution in [0.5, 0.6) is 0 Å². The highest BCUT2D eigenvalue weighted by molar-refractivity contribution is 7.46. The standard InChI is InChI=1S/2C11H18N5O7P/c2*1-21-3-7(4-22-24(18,19)20)23-8(2-17)16-6-15-9-10(12)13-5-14-11(9)16/h2*5-8,17H,2-4H2,1H3,(H2,12,13,14)(H2,18,19,20)/t7-,8?;7-,8-/m00/s1. The summed E-state index contributed by atoms with van der Waals surface area (Å²) in [6, 6.07) is 0. The minimum Gasteiger partial charge on any atom is -0.392 e. The Bertz CT molecular complexity index is 1560. The van der Waals surface area contributed by atoms with Crippen molar-refractivity contribution in [2.24, 2.45) is 0 Å². The first-order valence-electron chi connectivity index (χ1n) is 13.5. The zero-order valence-electron chi connectivity index (χ0n) is 25.4. The lowest BCUT2D eigenvalue weighted by Crippen LogP contribution is -2.30. The molecular weight excluding hydrogens is 690 g/mol. The molecule has 4 aromatic rings. The fraction of sp³-hybridized carbons (Fsp3) is 0.545. The number of aliphatic hydroxyl groups excluding tert-OH is 2. The second-order valence-electron chi connectivity index (χ2n) is 9.44. The van der Waals surface area contributed by atoms with Crippen LogP contribution in [-0.2, 0) is 37.1 Å². The summed E-state index contributed by atoms with van der Waals surface area (Å²) in [5.41, 5.74) is 12.8. The molecule has 0 aliphatic rings. The van der Waals surface area contributed by atoms with Gasteiger partial charge in [-0.1, -0.05) is 0 Å². The summed E-state index contributed by atoms with van der Waals surface area (Å²) in [6.07, 6.45) is 1.64.